The van der Waals surface area contributed by atoms with Crippen molar-refractivity contribution in [3.8, 4) is 0 Å². The van der Waals surface area contributed by atoms with Gasteiger partial charge in [0.05, 0.1) is 0 Å². The molecular weight excluding hydrogens is 206 g/mol. The third kappa shape index (κ3) is 4.91. The zero-order valence-corrected chi connectivity index (χ0v) is 12.0. The summed E-state index contributed by atoms with van der Waals surface area (Å²) >= 11 is 0. The first-order valence-electron chi connectivity index (χ1n) is 6.75. The molecule has 1 N–H and O–H groups in total. The summed E-state index contributed by atoms with van der Waals surface area (Å²) in [5.74, 6) is 1.46. The molecule has 0 spiro atoms. The maximum Gasteiger partial charge on any atom is -0.00461 e. The number of rotatable bonds is 6. The largest absolute Gasteiger partial charge is 0.320 e. The van der Waals surface area contributed by atoms with Crippen LogP contribution >= 0.6 is 0 Å². The Labute approximate surface area is 107 Å². The third-order valence-corrected chi connectivity index (χ3v) is 3.21. The predicted molar refractivity (Wildman–Crippen MR) is 76.7 cm³/mol. The van der Waals surface area contributed by atoms with Crippen molar-refractivity contribution in [3.05, 3.63) is 34.9 Å². The van der Waals surface area contributed by atoms with Crippen LogP contribution in [0, 0.1) is 19.8 Å². The first kappa shape index (κ1) is 14.2. The monoisotopic (exact) mass is 233 g/mol. The van der Waals surface area contributed by atoms with Crippen LogP contribution in [0.3, 0.4) is 0 Å². The summed E-state index contributed by atoms with van der Waals surface area (Å²) in [6.45, 7) is 10.1. The van der Waals surface area contributed by atoms with E-state index in [9.17, 15) is 0 Å². The number of benzene rings is 1. The molecule has 1 aromatic rings. The molecule has 1 atom stereocenters. The van der Waals surface area contributed by atoms with Crippen molar-refractivity contribution in [2.45, 2.75) is 46.5 Å². The minimum Gasteiger partial charge on any atom is -0.320 e. The van der Waals surface area contributed by atoms with Crippen molar-refractivity contribution < 1.29 is 0 Å². The molecule has 1 nitrogen and oxygen atoms in total. The quantitative estimate of drug-likeness (QED) is 0.782. The summed E-state index contributed by atoms with van der Waals surface area (Å²) in [6, 6.07) is 6.97. The van der Waals surface area contributed by atoms with Crippen LogP contribution in [0.5, 0.6) is 0 Å². The SMILES string of the molecule is CNCCC(CC(C)C)c1cc(C)cc(C)c1. The van der Waals surface area contributed by atoms with Gasteiger partial charge < -0.3 is 5.32 Å². The van der Waals surface area contributed by atoms with E-state index in [0.29, 0.717) is 5.92 Å². The molecule has 0 aliphatic heterocycles. The summed E-state index contributed by atoms with van der Waals surface area (Å²) in [5.41, 5.74) is 4.29. The Morgan fingerprint density at radius 2 is 1.65 bits per heavy atom. The number of hydrogen-bond acceptors (Lipinski definition) is 1. The molecule has 0 radical (unpaired) electrons. The Morgan fingerprint density at radius 3 is 2.12 bits per heavy atom. The highest BCUT2D eigenvalue weighted by Gasteiger charge is 2.13. The normalized spacial score (nSPS) is 13.1. The lowest BCUT2D eigenvalue weighted by Crippen LogP contribution is -2.14. The molecule has 17 heavy (non-hydrogen) atoms. The molecule has 0 fully saturated rings. The second-order valence-electron chi connectivity index (χ2n) is 5.64. The summed E-state index contributed by atoms with van der Waals surface area (Å²) in [7, 11) is 2.04. The summed E-state index contributed by atoms with van der Waals surface area (Å²) in [5, 5.41) is 3.27. The fourth-order valence-electron chi connectivity index (χ4n) is 2.55. The Kier molecular flexibility index (Phi) is 5.70. The maximum atomic E-state index is 3.27. The molecule has 0 bridgehead atoms. The lowest BCUT2D eigenvalue weighted by molar-refractivity contribution is 0.470. The molecule has 1 heteroatoms. The minimum atomic E-state index is 0.695. The van der Waals surface area contributed by atoms with Crippen molar-refractivity contribution in [3.63, 3.8) is 0 Å². The van der Waals surface area contributed by atoms with Gasteiger partial charge in [-0.25, -0.2) is 0 Å². The highest BCUT2D eigenvalue weighted by Crippen LogP contribution is 2.28. The van der Waals surface area contributed by atoms with Gasteiger partial charge in [0.25, 0.3) is 0 Å². The smallest absolute Gasteiger partial charge is 0.00461 e. The minimum absolute atomic E-state index is 0.695. The highest BCUT2D eigenvalue weighted by atomic mass is 14.8. The first-order chi connectivity index (χ1) is 8.02. The predicted octanol–water partition coefficient (Wildman–Crippen LogP) is 4.04. The first-order valence-corrected chi connectivity index (χ1v) is 6.75. The molecule has 0 saturated heterocycles. The van der Waals surface area contributed by atoms with Gasteiger partial charge in [0.1, 0.15) is 0 Å². The lowest BCUT2D eigenvalue weighted by atomic mass is 9.86. The van der Waals surface area contributed by atoms with E-state index < -0.39 is 0 Å². The van der Waals surface area contributed by atoms with Crippen LogP contribution in [-0.2, 0) is 0 Å². The van der Waals surface area contributed by atoms with Gasteiger partial charge in [-0.3, -0.25) is 0 Å². The summed E-state index contributed by atoms with van der Waals surface area (Å²) < 4.78 is 0. The van der Waals surface area contributed by atoms with Gasteiger partial charge >= 0.3 is 0 Å². The lowest BCUT2D eigenvalue weighted by Gasteiger charge is -2.20. The zero-order valence-electron chi connectivity index (χ0n) is 12.0. The van der Waals surface area contributed by atoms with Crippen molar-refractivity contribution in [2.75, 3.05) is 13.6 Å². The fourth-order valence-corrected chi connectivity index (χ4v) is 2.55. The van der Waals surface area contributed by atoms with Crippen LogP contribution in [0.25, 0.3) is 0 Å². The van der Waals surface area contributed by atoms with Crippen molar-refractivity contribution in [1.29, 1.82) is 0 Å². The molecule has 96 valence electrons. The topological polar surface area (TPSA) is 12.0 Å². The maximum absolute atomic E-state index is 3.27. The van der Waals surface area contributed by atoms with E-state index in [2.05, 4.69) is 51.2 Å². The van der Waals surface area contributed by atoms with Crippen LogP contribution in [0.4, 0.5) is 0 Å². The molecule has 0 saturated carbocycles. The van der Waals surface area contributed by atoms with Crippen LogP contribution in [0.2, 0.25) is 0 Å². The summed E-state index contributed by atoms with van der Waals surface area (Å²) in [6.07, 6.45) is 2.52. The van der Waals surface area contributed by atoms with E-state index in [1.165, 1.54) is 29.5 Å². The average molecular weight is 233 g/mol. The molecular formula is C16H27N. The fraction of sp³-hybridized carbons (Fsp3) is 0.625. The Morgan fingerprint density at radius 1 is 1.06 bits per heavy atom. The molecule has 1 rings (SSSR count). The van der Waals surface area contributed by atoms with Crippen LogP contribution in [0.15, 0.2) is 18.2 Å². The van der Waals surface area contributed by atoms with Gasteiger partial charge in [-0.05, 0) is 57.7 Å². The average Bonchev–Trinajstić information content (AvgIpc) is 2.22. The van der Waals surface area contributed by atoms with Gasteiger partial charge in [0, 0.05) is 0 Å². The van der Waals surface area contributed by atoms with Crippen molar-refractivity contribution in [1.82, 2.24) is 5.32 Å². The van der Waals surface area contributed by atoms with Gasteiger partial charge in [-0.1, -0.05) is 43.2 Å². The number of hydrogen-bond donors (Lipinski definition) is 1. The third-order valence-electron chi connectivity index (χ3n) is 3.21. The van der Waals surface area contributed by atoms with Gasteiger partial charge in [-0.2, -0.15) is 0 Å². The molecule has 0 amide bonds. The van der Waals surface area contributed by atoms with Crippen LogP contribution in [-0.4, -0.2) is 13.6 Å². The zero-order chi connectivity index (χ0) is 12.8. The van der Waals surface area contributed by atoms with Crippen LogP contribution < -0.4 is 5.32 Å². The van der Waals surface area contributed by atoms with Gasteiger partial charge in [-0.15, -0.1) is 0 Å². The van der Waals surface area contributed by atoms with E-state index in [-0.39, 0.29) is 0 Å². The van der Waals surface area contributed by atoms with Gasteiger partial charge in [0.2, 0.25) is 0 Å². The molecule has 0 aliphatic rings. The Hall–Kier alpha value is -0.820. The van der Waals surface area contributed by atoms with E-state index in [4.69, 9.17) is 0 Å². The number of nitrogens with one attached hydrogen (secondary N) is 1. The van der Waals surface area contributed by atoms with Crippen molar-refractivity contribution >= 4 is 0 Å². The van der Waals surface area contributed by atoms with E-state index in [1.54, 1.807) is 0 Å². The Balaban J connectivity index is 2.86. The van der Waals surface area contributed by atoms with Gasteiger partial charge in [0.15, 0.2) is 0 Å². The van der Waals surface area contributed by atoms with E-state index in [1.807, 2.05) is 7.05 Å². The second kappa shape index (κ2) is 6.80. The molecule has 0 heterocycles. The standard InChI is InChI=1S/C16H27N/c1-12(2)8-15(6-7-17-5)16-10-13(3)9-14(4)11-16/h9-12,15,17H,6-8H2,1-5H3. The second-order valence-corrected chi connectivity index (χ2v) is 5.64. The van der Waals surface area contributed by atoms with E-state index in [0.717, 1.165) is 12.5 Å². The van der Waals surface area contributed by atoms with Crippen molar-refractivity contribution in [2.24, 2.45) is 5.92 Å². The van der Waals surface area contributed by atoms with E-state index >= 15 is 0 Å². The summed E-state index contributed by atoms with van der Waals surface area (Å²) in [4.78, 5) is 0. The Bertz CT molecular complexity index is 321. The molecule has 1 unspecified atom stereocenters. The molecule has 1 aromatic carbocycles. The number of aryl methyl sites for hydroxylation is 2. The molecule has 0 aromatic heterocycles. The molecule has 0 aliphatic carbocycles. The highest BCUT2D eigenvalue weighted by molar-refractivity contribution is 5.31. The van der Waals surface area contributed by atoms with Crippen LogP contribution in [0.1, 0.15) is 49.3 Å².